The van der Waals surface area contributed by atoms with Gasteiger partial charge in [-0.2, -0.15) is 0 Å². The Morgan fingerprint density at radius 2 is 0.982 bits per heavy atom. The van der Waals surface area contributed by atoms with Gasteiger partial charge in [-0.15, -0.1) is 0 Å². The molecule has 3 rings (SSSR count). The van der Waals surface area contributed by atoms with E-state index in [0.29, 0.717) is 60.5 Å². The molecule has 56 heavy (non-hydrogen) atoms. The molecule has 2 aromatic carbocycles. The van der Waals surface area contributed by atoms with Crippen LogP contribution in [0.25, 0.3) is 0 Å². The molecule has 2 atom stereocenters. The quantitative estimate of drug-likeness (QED) is 0.0482. The van der Waals surface area contributed by atoms with Gasteiger partial charge in [-0.3, -0.25) is 0 Å². The van der Waals surface area contributed by atoms with E-state index in [1.807, 2.05) is 60.7 Å². The molecule has 0 aliphatic heterocycles. The Balaban J connectivity index is 1.37. The molecular formula is C42H58N2O12. The summed E-state index contributed by atoms with van der Waals surface area (Å²) in [5, 5.41) is 5.35. The minimum absolute atomic E-state index is 0.119. The fraction of sp³-hybridized carbons (Fsp3) is 0.524. The first-order chi connectivity index (χ1) is 27.1. The Kier molecular flexibility index (Phi) is 21.6. The number of amides is 2. The number of alkyl carbamates (subject to hydrolysis) is 2. The van der Waals surface area contributed by atoms with Gasteiger partial charge in [0.25, 0.3) is 0 Å². The number of nitrogens with one attached hydrogen (secondary N) is 2. The summed E-state index contributed by atoms with van der Waals surface area (Å²) >= 11 is 0. The van der Waals surface area contributed by atoms with Crippen LogP contribution in [0, 0.1) is 11.8 Å². The second kappa shape index (κ2) is 26.7. The van der Waals surface area contributed by atoms with Crippen LogP contribution < -0.4 is 20.1 Å². The number of rotatable bonds is 26. The maximum Gasteiger partial charge on any atom is 0.407 e. The van der Waals surface area contributed by atoms with E-state index in [-0.39, 0.29) is 52.7 Å². The molecule has 2 aromatic rings. The highest BCUT2D eigenvalue weighted by molar-refractivity contribution is 5.87. The van der Waals surface area contributed by atoms with Crippen LogP contribution in [0.3, 0.4) is 0 Å². The number of ether oxygens (including phenoxy) is 8. The van der Waals surface area contributed by atoms with Crippen LogP contribution in [-0.2, 0) is 38.0 Å². The Morgan fingerprint density at radius 3 is 1.34 bits per heavy atom. The van der Waals surface area contributed by atoms with Crippen LogP contribution in [0.15, 0.2) is 85.0 Å². The van der Waals surface area contributed by atoms with Crippen molar-refractivity contribution in [1.29, 1.82) is 0 Å². The molecule has 14 nitrogen and oxygen atoms in total. The molecule has 2 N–H and O–H groups in total. The van der Waals surface area contributed by atoms with Gasteiger partial charge in [-0.1, -0.05) is 49.6 Å². The minimum atomic E-state index is -0.643. The van der Waals surface area contributed by atoms with Crippen molar-refractivity contribution in [3.63, 3.8) is 0 Å². The van der Waals surface area contributed by atoms with Crippen molar-refractivity contribution in [1.82, 2.24) is 10.6 Å². The molecule has 0 heterocycles. The van der Waals surface area contributed by atoms with E-state index in [4.69, 9.17) is 37.9 Å². The van der Waals surface area contributed by atoms with Gasteiger partial charge < -0.3 is 48.5 Å². The summed E-state index contributed by atoms with van der Waals surface area (Å²) in [5.74, 6) is 1.07. The lowest BCUT2D eigenvalue weighted by molar-refractivity contribution is -0.139. The highest BCUT2D eigenvalue weighted by atomic mass is 16.6. The smallest absolute Gasteiger partial charge is 0.407 e. The topological polar surface area (TPSA) is 166 Å². The molecule has 0 aromatic heterocycles. The number of carbonyl (C=O) groups is 4. The molecule has 1 aliphatic rings. The van der Waals surface area contributed by atoms with Crippen LogP contribution in [-0.4, -0.2) is 102 Å². The Morgan fingerprint density at radius 1 is 0.607 bits per heavy atom. The van der Waals surface area contributed by atoms with Crippen LogP contribution in [0.2, 0.25) is 0 Å². The SMILES string of the molecule is C=C(C)C(=O)OCCCNC(=O)OC(COCC1CCC(COCC(COc2ccccc2)OC(=O)NCCCOC(=O)C(=C)C)CC1)COc1ccccc1. The number of benzene rings is 2. The van der Waals surface area contributed by atoms with E-state index < -0.39 is 36.3 Å². The number of esters is 2. The number of carbonyl (C=O) groups excluding carboxylic acids is 4. The van der Waals surface area contributed by atoms with Gasteiger partial charge >= 0.3 is 24.1 Å². The average molecular weight is 783 g/mol. The van der Waals surface area contributed by atoms with Gasteiger partial charge in [0.2, 0.25) is 0 Å². The maximum absolute atomic E-state index is 12.5. The first-order valence-electron chi connectivity index (χ1n) is 19.1. The molecule has 0 spiro atoms. The summed E-state index contributed by atoms with van der Waals surface area (Å²) in [4.78, 5) is 48.1. The van der Waals surface area contributed by atoms with Crippen LogP contribution in [0.5, 0.6) is 11.5 Å². The largest absolute Gasteiger partial charge is 0.490 e. The summed E-state index contributed by atoms with van der Waals surface area (Å²) in [6, 6.07) is 18.5. The summed E-state index contributed by atoms with van der Waals surface area (Å²) in [5.41, 5.74) is 0.633. The third-order valence-electron chi connectivity index (χ3n) is 8.53. The van der Waals surface area contributed by atoms with Gasteiger partial charge in [0.1, 0.15) is 24.7 Å². The molecule has 1 aliphatic carbocycles. The van der Waals surface area contributed by atoms with Crippen LogP contribution in [0.4, 0.5) is 9.59 Å². The molecule has 2 amide bonds. The van der Waals surface area contributed by atoms with E-state index in [2.05, 4.69) is 23.8 Å². The highest BCUT2D eigenvalue weighted by Gasteiger charge is 2.24. The lowest BCUT2D eigenvalue weighted by atomic mass is 9.83. The van der Waals surface area contributed by atoms with Crippen LogP contribution in [0.1, 0.15) is 52.4 Å². The van der Waals surface area contributed by atoms with E-state index in [0.717, 1.165) is 25.7 Å². The van der Waals surface area contributed by atoms with Crippen LogP contribution >= 0.6 is 0 Å². The predicted octanol–water partition coefficient (Wildman–Crippen LogP) is 6.19. The normalized spacial score (nSPS) is 16.0. The third-order valence-corrected chi connectivity index (χ3v) is 8.53. The molecule has 2 unspecified atom stereocenters. The standard InChI is InChI=1S/C42H58N2O12/c1-31(2)39(45)51-23-11-21-43-41(47)55-37(29-53-35-13-7-5-8-14-35)27-49-25-33-17-19-34(20-18-33)26-50-28-38(30-54-36-15-9-6-10-16-36)56-42(48)44-22-12-24-52-40(46)32(3)4/h5-10,13-16,33-34,37-38H,1,3,11-12,17-30H2,2,4H3,(H,43,47)(H,44,48). The van der Waals surface area contributed by atoms with E-state index in [1.165, 1.54) is 0 Å². The van der Waals surface area contributed by atoms with E-state index >= 15 is 0 Å². The third kappa shape index (κ3) is 20.0. The molecule has 308 valence electrons. The first kappa shape index (κ1) is 45.3. The Labute approximate surface area is 330 Å². The minimum Gasteiger partial charge on any atom is -0.490 e. The highest BCUT2D eigenvalue weighted by Crippen LogP contribution is 2.29. The second-order valence-electron chi connectivity index (χ2n) is 13.7. The van der Waals surface area contributed by atoms with Crippen molar-refractivity contribution in [2.75, 3.05) is 65.9 Å². The molecule has 1 saturated carbocycles. The van der Waals surface area contributed by atoms with Gasteiger partial charge in [-0.05, 0) is 88.5 Å². The molecule has 14 heteroatoms. The van der Waals surface area contributed by atoms with E-state index in [1.54, 1.807) is 13.8 Å². The van der Waals surface area contributed by atoms with E-state index in [9.17, 15) is 19.2 Å². The second-order valence-corrected chi connectivity index (χ2v) is 13.7. The van der Waals surface area contributed by atoms with Crippen molar-refractivity contribution in [3.05, 3.63) is 85.0 Å². The molecule has 0 radical (unpaired) electrons. The summed E-state index contributed by atoms with van der Waals surface area (Å²) < 4.78 is 45.1. The van der Waals surface area contributed by atoms with Crippen molar-refractivity contribution >= 4 is 24.1 Å². The van der Waals surface area contributed by atoms with Gasteiger partial charge in [0.15, 0.2) is 12.2 Å². The summed E-state index contributed by atoms with van der Waals surface area (Å²) in [7, 11) is 0. The van der Waals surface area contributed by atoms with Crippen molar-refractivity contribution in [2.45, 2.75) is 64.6 Å². The summed E-state index contributed by atoms with van der Waals surface area (Å²) in [6.07, 6.45) is 2.17. The van der Waals surface area contributed by atoms with Crippen molar-refractivity contribution in [3.8, 4) is 11.5 Å². The van der Waals surface area contributed by atoms with Gasteiger partial charge in [0.05, 0.1) is 26.4 Å². The maximum atomic E-state index is 12.5. The summed E-state index contributed by atoms with van der Waals surface area (Å²) in [6.45, 7) is 12.7. The Bertz CT molecular complexity index is 1370. The number of hydrogen-bond acceptors (Lipinski definition) is 12. The fourth-order valence-electron chi connectivity index (χ4n) is 5.43. The molecular weight excluding hydrogens is 724 g/mol. The predicted molar refractivity (Wildman–Crippen MR) is 208 cm³/mol. The zero-order valence-corrected chi connectivity index (χ0v) is 32.7. The van der Waals surface area contributed by atoms with Crippen molar-refractivity contribution in [2.24, 2.45) is 11.8 Å². The fourth-order valence-corrected chi connectivity index (χ4v) is 5.43. The number of para-hydroxylation sites is 2. The van der Waals surface area contributed by atoms with Gasteiger partial charge in [-0.25, -0.2) is 19.2 Å². The lowest BCUT2D eigenvalue weighted by Gasteiger charge is -2.29. The Hall–Kier alpha value is -5.08. The molecule has 0 bridgehead atoms. The van der Waals surface area contributed by atoms with Crippen molar-refractivity contribution < 1.29 is 57.1 Å². The average Bonchev–Trinajstić information content (AvgIpc) is 3.19. The van der Waals surface area contributed by atoms with Gasteiger partial charge in [0, 0.05) is 37.4 Å². The lowest BCUT2D eigenvalue weighted by Crippen LogP contribution is -2.36. The molecule has 0 saturated heterocycles. The number of hydrogen-bond donors (Lipinski definition) is 2. The monoisotopic (exact) mass is 782 g/mol. The molecule has 1 fully saturated rings. The zero-order valence-electron chi connectivity index (χ0n) is 32.7. The first-order valence-corrected chi connectivity index (χ1v) is 19.1. The zero-order chi connectivity index (χ0) is 40.4.